The predicted octanol–water partition coefficient (Wildman–Crippen LogP) is 1.97. The zero-order valence-electron chi connectivity index (χ0n) is 11.1. The van der Waals surface area contributed by atoms with Crippen molar-refractivity contribution < 1.29 is 9.59 Å². The summed E-state index contributed by atoms with van der Waals surface area (Å²) in [4.78, 5) is 25.7. The van der Waals surface area contributed by atoms with E-state index < -0.39 is 5.54 Å². The van der Waals surface area contributed by atoms with Crippen molar-refractivity contribution in [2.75, 3.05) is 6.54 Å². The third-order valence-corrected chi connectivity index (χ3v) is 3.75. The molecule has 102 valence electrons. The van der Waals surface area contributed by atoms with E-state index in [0.29, 0.717) is 18.0 Å². The van der Waals surface area contributed by atoms with Gasteiger partial charge in [0, 0.05) is 11.6 Å². The molecule has 1 heterocycles. The number of piperazine rings is 1. The Hall–Kier alpha value is -1.55. The molecular formula is C14H17ClN2O2. The van der Waals surface area contributed by atoms with Crippen LogP contribution < -0.4 is 5.32 Å². The monoisotopic (exact) mass is 280 g/mol. The van der Waals surface area contributed by atoms with Gasteiger partial charge >= 0.3 is 0 Å². The van der Waals surface area contributed by atoms with Crippen LogP contribution in [0.5, 0.6) is 0 Å². The van der Waals surface area contributed by atoms with E-state index in [4.69, 9.17) is 11.6 Å². The van der Waals surface area contributed by atoms with Gasteiger partial charge in [-0.1, -0.05) is 30.7 Å². The zero-order valence-corrected chi connectivity index (χ0v) is 11.8. The number of hydrogen-bond acceptors (Lipinski definition) is 2. The lowest BCUT2D eigenvalue weighted by Crippen LogP contribution is -2.64. The summed E-state index contributed by atoms with van der Waals surface area (Å²) in [7, 11) is 0. The van der Waals surface area contributed by atoms with Gasteiger partial charge in [0.1, 0.15) is 5.54 Å². The highest BCUT2D eigenvalue weighted by atomic mass is 35.5. The molecule has 0 spiro atoms. The van der Waals surface area contributed by atoms with Crippen LogP contribution in [0.3, 0.4) is 0 Å². The van der Waals surface area contributed by atoms with E-state index in [-0.39, 0.29) is 18.4 Å². The third-order valence-electron chi connectivity index (χ3n) is 3.50. The molecule has 1 N–H and O–H groups in total. The van der Waals surface area contributed by atoms with E-state index >= 15 is 0 Å². The van der Waals surface area contributed by atoms with Gasteiger partial charge in [-0.05, 0) is 31.0 Å². The quantitative estimate of drug-likeness (QED) is 0.920. The average molecular weight is 281 g/mol. The van der Waals surface area contributed by atoms with Crippen LogP contribution in [0, 0.1) is 0 Å². The highest BCUT2D eigenvalue weighted by Crippen LogP contribution is 2.20. The molecular weight excluding hydrogens is 264 g/mol. The van der Waals surface area contributed by atoms with Gasteiger partial charge in [0.05, 0.1) is 6.54 Å². The molecule has 1 aliphatic heterocycles. The van der Waals surface area contributed by atoms with Crippen LogP contribution in [-0.2, 0) is 16.1 Å². The van der Waals surface area contributed by atoms with Crippen molar-refractivity contribution in [3.05, 3.63) is 34.9 Å². The maximum absolute atomic E-state index is 12.4. The van der Waals surface area contributed by atoms with Crippen LogP contribution >= 0.6 is 11.6 Å². The van der Waals surface area contributed by atoms with E-state index in [1.807, 2.05) is 19.1 Å². The number of nitrogens with zero attached hydrogens (tertiary/aromatic N) is 1. The van der Waals surface area contributed by atoms with Crippen LogP contribution in [-0.4, -0.2) is 28.8 Å². The topological polar surface area (TPSA) is 49.4 Å². The minimum atomic E-state index is -0.790. The van der Waals surface area contributed by atoms with Crippen LogP contribution in [0.1, 0.15) is 25.8 Å². The van der Waals surface area contributed by atoms with E-state index in [9.17, 15) is 9.59 Å². The predicted molar refractivity (Wildman–Crippen MR) is 73.7 cm³/mol. The summed E-state index contributed by atoms with van der Waals surface area (Å²) < 4.78 is 0. The highest BCUT2D eigenvalue weighted by Gasteiger charge is 2.41. The van der Waals surface area contributed by atoms with Gasteiger partial charge in [0.25, 0.3) is 0 Å². The van der Waals surface area contributed by atoms with Crippen LogP contribution in [0.4, 0.5) is 0 Å². The largest absolute Gasteiger partial charge is 0.340 e. The van der Waals surface area contributed by atoms with Crippen LogP contribution in [0.2, 0.25) is 5.02 Å². The normalized spacial score (nSPS) is 23.4. The Kier molecular flexibility index (Phi) is 3.80. The van der Waals surface area contributed by atoms with Crippen molar-refractivity contribution in [1.29, 1.82) is 0 Å². The molecule has 0 bridgehead atoms. The Labute approximate surface area is 117 Å². The molecule has 5 heteroatoms. The summed E-state index contributed by atoms with van der Waals surface area (Å²) in [6, 6.07) is 7.30. The molecule has 1 aromatic rings. The summed E-state index contributed by atoms with van der Waals surface area (Å²) in [5.74, 6) is -0.150. The second kappa shape index (κ2) is 5.21. The first-order chi connectivity index (χ1) is 8.94. The van der Waals surface area contributed by atoms with Crippen LogP contribution in [0.15, 0.2) is 24.3 Å². The maximum atomic E-state index is 12.4. The Balaban J connectivity index is 2.17. The van der Waals surface area contributed by atoms with Crippen molar-refractivity contribution in [3.8, 4) is 0 Å². The van der Waals surface area contributed by atoms with Crippen molar-refractivity contribution in [3.63, 3.8) is 0 Å². The molecule has 1 fully saturated rings. The number of carbonyl (C=O) groups is 2. The molecule has 0 aliphatic carbocycles. The molecule has 1 aliphatic rings. The van der Waals surface area contributed by atoms with Gasteiger partial charge in [-0.2, -0.15) is 0 Å². The molecule has 1 unspecified atom stereocenters. The Morgan fingerprint density at radius 1 is 1.32 bits per heavy atom. The molecule has 1 atom stereocenters. The molecule has 1 saturated heterocycles. The lowest BCUT2D eigenvalue weighted by molar-refractivity contribution is -0.149. The van der Waals surface area contributed by atoms with Gasteiger partial charge in [-0.15, -0.1) is 0 Å². The Morgan fingerprint density at radius 2 is 1.95 bits per heavy atom. The van der Waals surface area contributed by atoms with Crippen molar-refractivity contribution in [2.45, 2.75) is 32.4 Å². The molecule has 0 radical (unpaired) electrons. The minimum absolute atomic E-state index is 0.0375. The third kappa shape index (κ3) is 2.89. The molecule has 0 saturated carbocycles. The molecule has 2 rings (SSSR count). The van der Waals surface area contributed by atoms with Crippen molar-refractivity contribution in [2.24, 2.45) is 0 Å². The van der Waals surface area contributed by atoms with Gasteiger partial charge < -0.3 is 10.2 Å². The molecule has 19 heavy (non-hydrogen) atoms. The number of rotatable bonds is 3. The van der Waals surface area contributed by atoms with E-state index in [1.165, 1.54) is 0 Å². The molecule has 4 nitrogen and oxygen atoms in total. The number of hydrogen-bond donors (Lipinski definition) is 1. The zero-order chi connectivity index (χ0) is 14.0. The molecule has 2 amide bonds. The van der Waals surface area contributed by atoms with E-state index in [2.05, 4.69) is 5.32 Å². The summed E-state index contributed by atoms with van der Waals surface area (Å²) in [5.41, 5.74) is 0.174. The first-order valence-corrected chi connectivity index (χ1v) is 6.67. The van der Waals surface area contributed by atoms with E-state index in [1.54, 1.807) is 24.0 Å². The maximum Gasteiger partial charge on any atom is 0.248 e. The van der Waals surface area contributed by atoms with Gasteiger partial charge in [-0.25, -0.2) is 0 Å². The average Bonchev–Trinajstić information content (AvgIpc) is 2.38. The van der Waals surface area contributed by atoms with Gasteiger partial charge in [-0.3, -0.25) is 9.59 Å². The molecule has 0 aromatic heterocycles. The van der Waals surface area contributed by atoms with Crippen molar-refractivity contribution in [1.82, 2.24) is 10.2 Å². The SMILES string of the molecule is CCC1(C)NC(=O)CN(Cc2ccc(Cl)cc2)C1=O. The number of amides is 2. The number of benzene rings is 1. The minimum Gasteiger partial charge on any atom is -0.340 e. The summed E-state index contributed by atoms with van der Waals surface area (Å²) in [6.45, 7) is 4.20. The van der Waals surface area contributed by atoms with E-state index in [0.717, 1.165) is 5.56 Å². The Morgan fingerprint density at radius 3 is 2.53 bits per heavy atom. The van der Waals surface area contributed by atoms with Gasteiger partial charge in [0.2, 0.25) is 11.8 Å². The first-order valence-electron chi connectivity index (χ1n) is 6.29. The Bertz CT molecular complexity index is 501. The fourth-order valence-corrected chi connectivity index (χ4v) is 2.30. The lowest BCUT2D eigenvalue weighted by atomic mass is 9.94. The second-order valence-electron chi connectivity index (χ2n) is 5.02. The standard InChI is InChI=1S/C14H17ClN2O2/c1-3-14(2)13(19)17(9-12(18)16-14)8-10-4-6-11(15)7-5-10/h4-7H,3,8-9H2,1-2H3,(H,16,18). The smallest absolute Gasteiger partial charge is 0.248 e. The summed E-state index contributed by atoms with van der Waals surface area (Å²) in [6.07, 6.45) is 0.578. The number of carbonyl (C=O) groups excluding carboxylic acids is 2. The van der Waals surface area contributed by atoms with Crippen molar-refractivity contribution >= 4 is 23.4 Å². The number of halogens is 1. The fourth-order valence-electron chi connectivity index (χ4n) is 2.17. The summed E-state index contributed by atoms with van der Waals surface area (Å²) in [5, 5.41) is 3.42. The number of nitrogens with one attached hydrogen (secondary N) is 1. The summed E-state index contributed by atoms with van der Waals surface area (Å²) >= 11 is 5.83. The van der Waals surface area contributed by atoms with Gasteiger partial charge in [0.15, 0.2) is 0 Å². The lowest BCUT2D eigenvalue weighted by Gasteiger charge is -2.39. The first kappa shape index (κ1) is 13.9. The fraction of sp³-hybridized carbons (Fsp3) is 0.429. The second-order valence-corrected chi connectivity index (χ2v) is 5.46. The van der Waals surface area contributed by atoms with Crippen LogP contribution in [0.25, 0.3) is 0 Å². The molecule has 1 aromatic carbocycles. The highest BCUT2D eigenvalue weighted by molar-refractivity contribution is 6.30.